The summed E-state index contributed by atoms with van der Waals surface area (Å²) in [4.78, 5) is 0. The summed E-state index contributed by atoms with van der Waals surface area (Å²) >= 11 is 0. The molecule has 0 N–H and O–H groups in total. The fourth-order valence-corrected chi connectivity index (χ4v) is 2.90. The van der Waals surface area contributed by atoms with E-state index in [1.54, 1.807) is 0 Å². The molecule has 3 atom stereocenters. The Morgan fingerprint density at radius 1 is 1.07 bits per heavy atom. The Morgan fingerprint density at radius 3 is 2.64 bits per heavy atom. The Hall–Kier alpha value is -0.110. The molecule has 2 rings (SSSR count). The van der Waals surface area contributed by atoms with Crippen molar-refractivity contribution in [2.45, 2.75) is 51.1 Å². The quantitative estimate of drug-likeness (QED) is 0.664. The lowest BCUT2D eigenvalue weighted by Crippen LogP contribution is -2.23. The average Bonchev–Trinajstić information content (AvgIpc) is 2.19. The van der Waals surface area contributed by atoms with Gasteiger partial charge >= 0.3 is 0 Å². The van der Waals surface area contributed by atoms with E-state index in [1.165, 1.54) is 25.7 Å². The van der Waals surface area contributed by atoms with Gasteiger partial charge < -0.3 is 4.74 Å². The first-order valence-electron chi connectivity index (χ1n) is 6.06. The molecule has 1 nitrogen and oxygen atoms in total. The van der Waals surface area contributed by atoms with E-state index >= 15 is 0 Å². The second kappa shape index (κ2) is 5.11. The van der Waals surface area contributed by atoms with Crippen molar-refractivity contribution in [3.05, 3.63) is 0 Å². The molecule has 0 spiro atoms. The SMILES string of the molecule is FC1CCCC(CC2CCCOC2)C1. The monoisotopic (exact) mass is 200 g/mol. The summed E-state index contributed by atoms with van der Waals surface area (Å²) in [6.07, 6.45) is 7.16. The first kappa shape index (κ1) is 10.4. The molecule has 14 heavy (non-hydrogen) atoms. The van der Waals surface area contributed by atoms with Gasteiger partial charge in [-0.3, -0.25) is 0 Å². The van der Waals surface area contributed by atoms with E-state index < -0.39 is 6.17 Å². The maximum Gasteiger partial charge on any atom is 0.100 e. The molecule has 1 aliphatic heterocycles. The zero-order chi connectivity index (χ0) is 9.80. The topological polar surface area (TPSA) is 9.23 Å². The molecule has 82 valence electrons. The van der Waals surface area contributed by atoms with E-state index in [4.69, 9.17) is 4.74 Å². The van der Waals surface area contributed by atoms with Crippen LogP contribution in [0.4, 0.5) is 4.39 Å². The minimum absolute atomic E-state index is 0.516. The van der Waals surface area contributed by atoms with Gasteiger partial charge in [0.1, 0.15) is 6.17 Å². The Morgan fingerprint density at radius 2 is 1.93 bits per heavy atom. The minimum Gasteiger partial charge on any atom is -0.381 e. The van der Waals surface area contributed by atoms with Crippen LogP contribution in [0, 0.1) is 11.8 Å². The van der Waals surface area contributed by atoms with Gasteiger partial charge in [-0.2, -0.15) is 0 Å². The first-order valence-corrected chi connectivity index (χ1v) is 6.06. The number of ether oxygens (including phenoxy) is 1. The molecule has 2 heteroatoms. The third-order valence-electron chi connectivity index (χ3n) is 3.64. The average molecular weight is 200 g/mol. The molecule has 1 saturated carbocycles. The van der Waals surface area contributed by atoms with Crippen LogP contribution in [-0.4, -0.2) is 19.4 Å². The third kappa shape index (κ3) is 2.94. The van der Waals surface area contributed by atoms with Crippen molar-refractivity contribution >= 4 is 0 Å². The highest BCUT2D eigenvalue weighted by molar-refractivity contribution is 4.76. The summed E-state index contributed by atoms with van der Waals surface area (Å²) in [5.41, 5.74) is 0. The highest BCUT2D eigenvalue weighted by Gasteiger charge is 2.25. The fourth-order valence-electron chi connectivity index (χ4n) is 2.90. The van der Waals surface area contributed by atoms with Crippen LogP contribution in [0.2, 0.25) is 0 Å². The van der Waals surface area contributed by atoms with Crippen molar-refractivity contribution in [3.63, 3.8) is 0 Å². The molecule has 0 aromatic carbocycles. The molecule has 3 unspecified atom stereocenters. The normalized spacial score (nSPS) is 39.6. The van der Waals surface area contributed by atoms with Crippen molar-refractivity contribution in [2.75, 3.05) is 13.2 Å². The van der Waals surface area contributed by atoms with E-state index in [0.29, 0.717) is 5.92 Å². The van der Waals surface area contributed by atoms with Crippen molar-refractivity contribution in [3.8, 4) is 0 Å². The predicted molar refractivity (Wildman–Crippen MR) is 55.0 cm³/mol. The predicted octanol–water partition coefficient (Wildman–Crippen LogP) is 3.33. The molecule has 0 bridgehead atoms. The van der Waals surface area contributed by atoms with Gasteiger partial charge in [0.2, 0.25) is 0 Å². The highest BCUT2D eigenvalue weighted by Crippen LogP contribution is 2.33. The number of hydrogen-bond acceptors (Lipinski definition) is 1. The van der Waals surface area contributed by atoms with Crippen LogP contribution in [0.1, 0.15) is 44.9 Å². The minimum atomic E-state index is -0.516. The molecule has 1 aliphatic carbocycles. The first-order chi connectivity index (χ1) is 6.84. The molecule has 1 saturated heterocycles. The van der Waals surface area contributed by atoms with Gasteiger partial charge in [-0.15, -0.1) is 0 Å². The van der Waals surface area contributed by atoms with E-state index in [-0.39, 0.29) is 0 Å². The highest BCUT2D eigenvalue weighted by atomic mass is 19.1. The second-order valence-corrected chi connectivity index (χ2v) is 4.95. The summed E-state index contributed by atoms with van der Waals surface area (Å²) in [5, 5.41) is 0. The molecule has 0 aromatic heterocycles. The fraction of sp³-hybridized carbons (Fsp3) is 1.00. The summed E-state index contributed by atoms with van der Waals surface area (Å²) in [5.74, 6) is 1.37. The summed E-state index contributed by atoms with van der Waals surface area (Å²) in [6, 6.07) is 0. The number of hydrogen-bond donors (Lipinski definition) is 0. The van der Waals surface area contributed by atoms with Gasteiger partial charge in [-0.05, 0) is 43.9 Å². The number of halogens is 1. The van der Waals surface area contributed by atoms with Gasteiger partial charge in [0.25, 0.3) is 0 Å². The molecule has 0 amide bonds. The van der Waals surface area contributed by atoms with E-state index in [1.807, 2.05) is 0 Å². The van der Waals surface area contributed by atoms with Crippen LogP contribution in [0.5, 0.6) is 0 Å². The molecular formula is C12H21FO. The molecular weight excluding hydrogens is 179 g/mol. The Kier molecular flexibility index (Phi) is 3.80. The Balaban J connectivity index is 1.72. The largest absolute Gasteiger partial charge is 0.381 e. The van der Waals surface area contributed by atoms with Crippen molar-refractivity contribution in [1.29, 1.82) is 0 Å². The zero-order valence-electron chi connectivity index (χ0n) is 8.88. The molecule has 0 radical (unpaired) electrons. The summed E-state index contributed by atoms with van der Waals surface area (Å²) in [7, 11) is 0. The summed E-state index contributed by atoms with van der Waals surface area (Å²) < 4.78 is 18.6. The lowest BCUT2D eigenvalue weighted by molar-refractivity contribution is 0.0389. The summed E-state index contributed by atoms with van der Waals surface area (Å²) in [6.45, 7) is 1.86. The van der Waals surface area contributed by atoms with E-state index in [9.17, 15) is 4.39 Å². The molecule has 2 aliphatic rings. The van der Waals surface area contributed by atoms with Gasteiger partial charge in [0, 0.05) is 13.2 Å². The van der Waals surface area contributed by atoms with E-state index in [2.05, 4.69) is 0 Å². The molecule has 2 fully saturated rings. The lowest BCUT2D eigenvalue weighted by atomic mass is 9.80. The molecule has 1 heterocycles. The van der Waals surface area contributed by atoms with Crippen molar-refractivity contribution in [2.24, 2.45) is 11.8 Å². The zero-order valence-corrected chi connectivity index (χ0v) is 8.88. The standard InChI is InChI=1S/C12H21FO/c13-12-5-1-3-10(8-12)7-11-4-2-6-14-9-11/h10-12H,1-9H2. The number of alkyl halides is 1. The number of rotatable bonds is 2. The van der Waals surface area contributed by atoms with Crippen molar-refractivity contribution < 1.29 is 9.13 Å². The Bertz CT molecular complexity index is 166. The van der Waals surface area contributed by atoms with Crippen LogP contribution >= 0.6 is 0 Å². The Labute approximate surface area is 86.0 Å². The smallest absolute Gasteiger partial charge is 0.100 e. The van der Waals surface area contributed by atoms with Gasteiger partial charge in [-0.25, -0.2) is 4.39 Å². The van der Waals surface area contributed by atoms with Crippen LogP contribution < -0.4 is 0 Å². The maximum atomic E-state index is 13.2. The van der Waals surface area contributed by atoms with E-state index in [0.717, 1.165) is 38.4 Å². The maximum absolute atomic E-state index is 13.2. The van der Waals surface area contributed by atoms with Gasteiger partial charge in [0.15, 0.2) is 0 Å². The van der Waals surface area contributed by atoms with Crippen LogP contribution in [0.25, 0.3) is 0 Å². The molecule has 0 aromatic rings. The second-order valence-electron chi connectivity index (χ2n) is 4.95. The van der Waals surface area contributed by atoms with Gasteiger partial charge in [0.05, 0.1) is 0 Å². The lowest BCUT2D eigenvalue weighted by Gasteiger charge is -2.30. The van der Waals surface area contributed by atoms with Crippen molar-refractivity contribution in [1.82, 2.24) is 0 Å². The van der Waals surface area contributed by atoms with Crippen LogP contribution in [0.3, 0.4) is 0 Å². The van der Waals surface area contributed by atoms with Crippen LogP contribution in [-0.2, 0) is 4.74 Å². The van der Waals surface area contributed by atoms with Gasteiger partial charge in [-0.1, -0.05) is 12.8 Å². The van der Waals surface area contributed by atoms with Crippen LogP contribution in [0.15, 0.2) is 0 Å². The third-order valence-corrected chi connectivity index (χ3v) is 3.64.